The third kappa shape index (κ3) is 3.01. The minimum atomic E-state index is -1.05. The maximum absolute atomic E-state index is 11.0. The first-order valence-electron chi connectivity index (χ1n) is 3.71. The highest BCUT2D eigenvalue weighted by molar-refractivity contribution is 6.29. The Morgan fingerprint density at radius 1 is 1.69 bits per heavy atom. The number of hydrogen-bond donors (Lipinski definition) is 2. The fraction of sp³-hybridized carbons (Fsp3) is 0.250. The van der Waals surface area contributed by atoms with Crippen molar-refractivity contribution in [3.05, 3.63) is 23.4 Å². The summed E-state index contributed by atoms with van der Waals surface area (Å²) in [5, 5.41) is 11.6. The van der Waals surface area contributed by atoms with Gasteiger partial charge in [-0.3, -0.25) is 4.79 Å². The predicted molar refractivity (Wildman–Crippen MR) is 49.6 cm³/mol. The van der Waals surface area contributed by atoms with E-state index in [4.69, 9.17) is 16.7 Å². The van der Waals surface area contributed by atoms with Crippen molar-refractivity contribution in [2.24, 2.45) is 0 Å². The van der Waals surface area contributed by atoms with Gasteiger partial charge in [0.2, 0.25) is 0 Å². The van der Waals surface area contributed by atoms with E-state index in [-0.39, 0.29) is 0 Å². The SMILES string of the molecule is CC(O)C(=O)Nc1cccc(Cl)n1. The van der Waals surface area contributed by atoms with Gasteiger partial charge in [0.05, 0.1) is 0 Å². The van der Waals surface area contributed by atoms with E-state index >= 15 is 0 Å². The number of halogens is 1. The van der Waals surface area contributed by atoms with Crippen LogP contribution in [0.5, 0.6) is 0 Å². The lowest BCUT2D eigenvalue weighted by Crippen LogP contribution is -2.24. The van der Waals surface area contributed by atoms with Gasteiger partial charge in [-0.05, 0) is 19.1 Å². The van der Waals surface area contributed by atoms with E-state index in [1.807, 2.05) is 0 Å². The van der Waals surface area contributed by atoms with Gasteiger partial charge in [0.1, 0.15) is 17.1 Å². The van der Waals surface area contributed by atoms with Crippen molar-refractivity contribution in [2.45, 2.75) is 13.0 Å². The van der Waals surface area contributed by atoms with Crippen LogP contribution >= 0.6 is 11.6 Å². The molecule has 1 rings (SSSR count). The summed E-state index contributed by atoms with van der Waals surface area (Å²) in [5.74, 6) is -0.173. The van der Waals surface area contributed by atoms with Crippen LogP contribution in [0.15, 0.2) is 18.2 Å². The number of hydrogen-bond acceptors (Lipinski definition) is 3. The van der Waals surface area contributed by atoms with Crippen molar-refractivity contribution < 1.29 is 9.90 Å². The molecule has 0 saturated carbocycles. The molecule has 1 aromatic heterocycles. The molecular weight excluding hydrogens is 192 g/mol. The number of aliphatic hydroxyl groups is 1. The molecule has 1 amide bonds. The molecule has 0 fully saturated rings. The molecule has 0 bridgehead atoms. The van der Waals surface area contributed by atoms with E-state index in [0.29, 0.717) is 11.0 Å². The lowest BCUT2D eigenvalue weighted by atomic mass is 10.4. The number of aromatic nitrogens is 1. The second kappa shape index (κ2) is 4.20. The number of amides is 1. The van der Waals surface area contributed by atoms with Crippen LogP contribution < -0.4 is 5.32 Å². The topological polar surface area (TPSA) is 62.2 Å². The van der Waals surface area contributed by atoms with E-state index in [2.05, 4.69) is 10.3 Å². The first-order chi connectivity index (χ1) is 6.09. The standard InChI is InChI=1S/C8H9ClN2O2/c1-5(12)8(13)11-7-4-2-3-6(9)10-7/h2-5,12H,1H3,(H,10,11,13). The Morgan fingerprint density at radius 2 is 2.38 bits per heavy atom. The van der Waals surface area contributed by atoms with Crippen LogP contribution in [0.25, 0.3) is 0 Å². The first kappa shape index (κ1) is 9.95. The van der Waals surface area contributed by atoms with Gasteiger partial charge in [0.15, 0.2) is 0 Å². The number of nitrogens with zero attached hydrogens (tertiary/aromatic N) is 1. The quantitative estimate of drug-likeness (QED) is 0.702. The molecule has 0 saturated heterocycles. The number of carbonyl (C=O) groups excluding carboxylic acids is 1. The fourth-order valence-electron chi connectivity index (χ4n) is 0.709. The molecule has 0 radical (unpaired) electrons. The van der Waals surface area contributed by atoms with Gasteiger partial charge >= 0.3 is 0 Å². The molecule has 1 aromatic rings. The third-order valence-corrected chi connectivity index (χ3v) is 1.56. The summed E-state index contributed by atoms with van der Waals surface area (Å²) in [7, 11) is 0. The summed E-state index contributed by atoms with van der Waals surface area (Å²) in [5.41, 5.74) is 0. The summed E-state index contributed by atoms with van der Waals surface area (Å²) in [6, 6.07) is 4.85. The number of nitrogens with one attached hydrogen (secondary N) is 1. The zero-order valence-corrected chi connectivity index (χ0v) is 7.75. The summed E-state index contributed by atoms with van der Waals surface area (Å²) in [6.45, 7) is 1.37. The number of carbonyl (C=O) groups is 1. The second-order valence-electron chi connectivity index (χ2n) is 2.51. The van der Waals surface area contributed by atoms with Gasteiger partial charge in [-0.1, -0.05) is 17.7 Å². The van der Waals surface area contributed by atoms with Gasteiger partial charge in [-0.15, -0.1) is 0 Å². The van der Waals surface area contributed by atoms with Crippen molar-refractivity contribution in [1.29, 1.82) is 0 Å². The van der Waals surface area contributed by atoms with Crippen molar-refractivity contribution in [3.63, 3.8) is 0 Å². The van der Waals surface area contributed by atoms with Crippen LogP contribution in [0.1, 0.15) is 6.92 Å². The highest BCUT2D eigenvalue weighted by Crippen LogP contribution is 2.09. The molecule has 13 heavy (non-hydrogen) atoms. The Labute approximate surface area is 80.6 Å². The summed E-state index contributed by atoms with van der Waals surface area (Å²) in [6.07, 6.45) is -1.05. The van der Waals surface area contributed by atoms with E-state index < -0.39 is 12.0 Å². The van der Waals surface area contributed by atoms with Crippen molar-refractivity contribution >= 4 is 23.3 Å². The Morgan fingerprint density at radius 3 is 2.92 bits per heavy atom. The Hall–Kier alpha value is -1.13. The molecule has 2 N–H and O–H groups in total. The minimum Gasteiger partial charge on any atom is -0.384 e. The highest BCUT2D eigenvalue weighted by atomic mass is 35.5. The van der Waals surface area contributed by atoms with Crippen molar-refractivity contribution in [3.8, 4) is 0 Å². The first-order valence-corrected chi connectivity index (χ1v) is 4.09. The average Bonchev–Trinajstić information content (AvgIpc) is 2.04. The molecule has 1 atom stereocenters. The summed E-state index contributed by atoms with van der Waals surface area (Å²) in [4.78, 5) is 14.8. The maximum Gasteiger partial charge on any atom is 0.254 e. The number of aliphatic hydroxyl groups excluding tert-OH is 1. The molecule has 1 unspecified atom stereocenters. The molecule has 0 aromatic carbocycles. The lowest BCUT2D eigenvalue weighted by molar-refractivity contribution is -0.123. The van der Waals surface area contributed by atoms with Crippen LogP contribution in [0, 0.1) is 0 Å². The van der Waals surface area contributed by atoms with Gasteiger partial charge in [0.25, 0.3) is 5.91 Å². The van der Waals surface area contributed by atoms with Crippen LogP contribution in [0.2, 0.25) is 5.15 Å². The summed E-state index contributed by atoms with van der Waals surface area (Å²) >= 11 is 5.58. The van der Waals surface area contributed by atoms with Gasteiger partial charge in [-0.25, -0.2) is 4.98 Å². The normalized spacial score (nSPS) is 12.2. The largest absolute Gasteiger partial charge is 0.384 e. The third-order valence-electron chi connectivity index (χ3n) is 1.35. The molecule has 0 aliphatic heterocycles. The molecule has 70 valence electrons. The molecular formula is C8H9ClN2O2. The second-order valence-corrected chi connectivity index (χ2v) is 2.90. The zero-order chi connectivity index (χ0) is 9.84. The van der Waals surface area contributed by atoms with Gasteiger partial charge < -0.3 is 10.4 Å². The van der Waals surface area contributed by atoms with E-state index in [1.54, 1.807) is 18.2 Å². The highest BCUT2D eigenvalue weighted by Gasteiger charge is 2.08. The molecule has 0 spiro atoms. The Kier molecular flexibility index (Phi) is 3.22. The monoisotopic (exact) mass is 200 g/mol. The predicted octanol–water partition coefficient (Wildman–Crippen LogP) is 1.05. The van der Waals surface area contributed by atoms with Crippen molar-refractivity contribution in [2.75, 3.05) is 5.32 Å². The molecule has 1 heterocycles. The van der Waals surface area contributed by atoms with E-state index in [0.717, 1.165) is 0 Å². The molecule has 0 aliphatic rings. The number of anilines is 1. The van der Waals surface area contributed by atoms with E-state index in [9.17, 15) is 4.79 Å². The maximum atomic E-state index is 11.0. The average molecular weight is 201 g/mol. The summed E-state index contributed by atoms with van der Waals surface area (Å²) < 4.78 is 0. The van der Waals surface area contributed by atoms with E-state index in [1.165, 1.54) is 6.92 Å². The van der Waals surface area contributed by atoms with Crippen LogP contribution in [0.4, 0.5) is 5.82 Å². The van der Waals surface area contributed by atoms with Gasteiger partial charge in [0, 0.05) is 0 Å². The minimum absolute atomic E-state index is 0.295. The fourth-order valence-corrected chi connectivity index (χ4v) is 0.872. The van der Waals surface area contributed by atoms with Crippen LogP contribution in [-0.4, -0.2) is 22.1 Å². The zero-order valence-electron chi connectivity index (χ0n) is 6.99. The smallest absolute Gasteiger partial charge is 0.254 e. The van der Waals surface area contributed by atoms with Gasteiger partial charge in [-0.2, -0.15) is 0 Å². The van der Waals surface area contributed by atoms with Crippen LogP contribution in [0.3, 0.4) is 0 Å². The molecule has 4 nitrogen and oxygen atoms in total. The van der Waals surface area contributed by atoms with Crippen molar-refractivity contribution in [1.82, 2.24) is 4.98 Å². The van der Waals surface area contributed by atoms with Crippen LogP contribution in [-0.2, 0) is 4.79 Å². The Bertz CT molecular complexity index is 315. The molecule has 0 aliphatic carbocycles. The Balaban J connectivity index is 2.69. The number of pyridine rings is 1. The lowest BCUT2D eigenvalue weighted by Gasteiger charge is -2.05. The number of rotatable bonds is 2. The molecule has 5 heteroatoms.